The Balaban J connectivity index is 2.22. The molecule has 4 heteroatoms. The van der Waals surface area contributed by atoms with Crippen LogP contribution in [-0.4, -0.2) is 9.97 Å². The molecule has 0 aliphatic heterocycles. The van der Waals surface area contributed by atoms with Crippen molar-refractivity contribution in [2.75, 3.05) is 0 Å². The van der Waals surface area contributed by atoms with Crippen LogP contribution in [0, 0.1) is 6.92 Å². The summed E-state index contributed by atoms with van der Waals surface area (Å²) in [5.41, 5.74) is 1.23. The molecule has 1 aromatic carbocycles. The zero-order valence-electron chi connectivity index (χ0n) is 8.14. The fourth-order valence-electron chi connectivity index (χ4n) is 1.17. The predicted molar refractivity (Wildman–Crippen MR) is 62.3 cm³/mol. The van der Waals surface area contributed by atoms with Crippen molar-refractivity contribution in [1.29, 1.82) is 0 Å². The molecule has 0 atom stereocenters. The molecular formula is C11H9ClN2S. The van der Waals surface area contributed by atoms with Gasteiger partial charge in [-0.05, 0) is 19.1 Å². The number of aromatic nitrogens is 2. The van der Waals surface area contributed by atoms with E-state index in [9.17, 15) is 0 Å². The maximum atomic E-state index is 5.76. The standard InChI is InChI=1S/C11H9ClN2S/c1-8-3-2-4-9(5-8)15-11-7-13-6-10(12)14-11/h2-7H,1H3. The average molecular weight is 237 g/mol. The third-order valence-corrected chi connectivity index (χ3v) is 2.87. The maximum absolute atomic E-state index is 5.76. The number of nitrogens with zero attached hydrogens (tertiary/aromatic N) is 2. The van der Waals surface area contributed by atoms with Crippen LogP contribution in [-0.2, 0) is 0 Å². The van der Waals surface area contributed by atoms with Crippen molar-refractivity contribution in [3.63, 3.8) is 0 Å². The Morgan fingerprint density at radius 3 is 2.87 bits per heavy atom. The number of aryl methyl sites for hydroxylation is 1. The molecule has 2 aromatic rings. The highest BCUT2D eigenvalue weighted by atomic mass is 35.5. The minimum absolute atomic E-state index is 0.424. The second kappa shape index (κ2) is 4.64. The molecule has 1 heterocycles. The molecule has 0 aliphatic carbocycles. The monoisotopic (exact) mass is 236 g/mol. The van der Waals surface area contributed by atoms with E-state index in [0.29, 0.717) is 5.15 Å². The molecule has 76 valence electrons. The van der Waals surface area contributed by atoms with Gasteiger partial charge in [-0.3, -0.25) is 4.98 Å². The van der Waals surface area contributed by atoms with E-state index in [0.717, 1.165) is 9.92 Å². The van der Waals surface area contributed by atoms with E-state index in [4.69, 9.17) is 11.6 Å². The number of halogens is 1. The molecular weight excluding hydrogens is 228 g/mol. The van der Waals surface area contributed by atoms with Gasteiger partial charge in [-0.1, -0.05) is 41.1 Å². The van der Waals surface area contributed by atoms with Crippen LogP contribution in [0.5, 0.6) is 0 Å². The molecule has 2 nitrogen and oxygen atoms in total. The van der Waals surface area contributed by atoms with Crippen LogP contribution in [0.1, 0.15) is 5.56 Å². The van der Waals surface area contributed by atoms with Gasteiger partial charge in [-0.2, -0.15) is 0 Å². The molecule has 15 heavy (non-hydrogen) atoms. The Bertz CT molecular complexity index is 430. The van der Waals surface area contributed by atoms with Gasteiger partial charge >= 0.3 is 0 Å². The number of benzene rings is 1. The zero-order chi connectivity index (χ0) is 10.7. The summed E-state index contributed by atoms with van der Waals surface area (Å²) >= 11 is 7.31. The summed E-state index contributed by atoms with van der Waals surface area (Å²) in [5.74, 6) is 0. The summed E-state index contributed by atoms with van der Waals surface area (Å²) in [7, 11) is 0. The highest BCUT2D eigenvalue weighted by Gasteiger charge is 2.00. The summed E-state index contributed by atoms with van der Waals surface area (Å²) in [4.78, 5) is 9.30. The van der Waals surface area contributed by atoms with E-state index < -0.39 is 0 Å². The topological polar surface area (TPSA) is 25.8 Å². The van der Waals surface area contributed by atoms with Gasteiger partial charge < -0.3 is 0 Å². The van der Waals surface area contributed by atoms with Crippen molar-refractivity contribution in [2.45, 2.75) is 16.8 Å². The predicted octanol–water partition coefficient (Wildman–Crippen LogP) is 3.59. The van der Waals surface area contributed by atoms with Crippen molar-refractivity contribution in [3.05, 3.63) is 47.4 Å². The molecule has 1 aromatic heterocycles. The second-order valence-corrected chi connectivity index (χ2v) is 4.58. The first-order valence-corrected chi connectivity index (χ1v) is 5.65. The Labute approximate surface area is 97.7 Å². The van der Waals surface area contributed by atoms with Gasteiger partial charge in [-0.25, -0.2) is 4.98 Å². The van der Waals surface area contributed by atoms with E-state index >= 15 is 0 Å². The lowest BCUT2D eigenvalue weighted by Gasteiger charge is -2.01. The third-order valence-electron chi connectivity index (χ3n) is 1.79. The van der Waals surface area contributed by atoms with Crippen LogP contribution < -0.4 is 0 Å². The minimum atomic E-state index is 0.424. The summed E-state index contributed by atoms with van der Waals surface area (Å²) in [6.45, 7) is 2.06. The van der Waals surface area contributed by atoms with Crippen LogP contribution in [0.2, 0.25) is 5.15 Å². The lowest BCUT2D eigenvalue weighted by atomic mass is 10.2. The zero-order valence-corrected chi connectivity index (χ0v) is 9.72. The normalized spacial score (nSPS) is 10.3. The molecule has 0 spiro atoms. The molecule has 2 rings (SSSR count). The van der Waals surface area contributed by atoms with Crippen molar-refractivity contribution in [3.8, 4) is 0 Å². The van der Waals surface area contributed by atoms with Crippen molar-refractivity contribution < 1.29 is 0 Å². The largest absolute Gasteiger partial charge is 0.259 e. The highest BCUT2D eigenvalue weighted by Crippen LogP contribution is 2.26. The van der Waals surface area contributed by atoms with Gasteiger partial charge in [0.1, 0.15) is 10.2 Å². The highest BCUT2D eigenvalue weighted by molar-refractivity contribution is 7.99. The number of rotatable bonds is 2. The van der Waals surface area contributed by atoms with Crippen molar-refractivity contribution >= 4 is 23.4 Å². The maximum Gasteiger partial charge on any atom is 0.148 e. The van der Waals surface area contributed by atoms with Crippen LogP contribution in [0.25, 0.3) is 0 Å². The summed E-state index contributed by atoms with van der Waals surface area (Å²) in [6.07, 6.45) is 3.24. The van der Waals surface area contributed by atoms with E-state index in [-0.39, 0.29) is 0 Å². The van der Waals surface area contributed by atoms with E-state index in [1.54, 1.807) is 18.0 Å². The minimum Gasteiger partial charge on any atom is -0.259 e. The molecule has 0 aliphatic rings. The van der Waals surface area contributed by atoms with Gasteiger partial charge in [-0.15, -0.1) is 0 Å². The van der Waals surface area contributed by atoms with Crippen LogP contribution >= 0.6 is 23.4 Å². The number of hydrogen-bond acceptors (Lipinski definition) is 3. The second-order valence-electron chi connectivity index (χ2n) is 3.10. The Morgan fingerprint density at radius 1 is 1.27 bits per heavy atom. The summed E-state index contributed by atoms with van der Waals surface area (Å²) in [6, 6.07) is 8.23. The molecule has 0 fully saturated rings. The molecule has 0 unspecified atom stereocenters. The average Bonchev–Trinajstić information content (AvgIpc) is 2.17. The van der Waals surface area contributed by atoms with Crippen molar-refractivity contribution in [1.82, 2.24) is 9.97 Å². The van der Waals surface area contributed by atoms with E-state index in [1.165, 1.54) is 11.8 Å². The van der Waals surface area contributed by atoms with Gasteiger partial charge in [0.15, 0.2) is 0 Å². The Kier molecular flexibility index (Phi) is 3.23. The van der Waals surface area contributed by atoms with Gasteiger partial charge in [0.25, 0.3) is 0 Å². The molecule has 0 N–H and O–H groups in total. The molecule has 0 radical (unpaired) electrons. The quantitative estimate of drug-likeness (QED) is 0.797. The first kappa shape index (κ1) is 10.5. The first-order chi connectivity index (χ1) is 7.24. The summed E-state index contributed by atoms with van der Waals surface area (Å²) in [5, 5.41) is 1.24. The van der Waals surface area contributed by atoms with Crippen molar-refractivity contribution in [2.24, 2.45) is 0 Å². The molecule has 0 saturated carbocycles. The molecule has 0 bridgehead atoms. The fourth-order valence-corrected chi connectivity index (χ4v) is 2.26. The third kappa shape index (κ3) is 2.94. The van der Waals surface area contributed by atoms with Gasteiger partial charge in [0.2, 0.25) is 0 Å². The Hall–Kier alpha value is -1.06. The Morgan fingerprint density at radius 2 is 2.13 bits per heavy atom. The van der Waals surface area contributed by atoms with Crippen LogP contribution in [0.3, 0.4) is 0 Å². The van der Waals surface area contributed by atoms with Crippen LogP contribution in [0.15, 0.2) is 46.6 Å². The first-order valence-electron chi connectivity index (χ1n) is 4.46. The van der Waals surface area contributed by atoms with Crippen LogP contribution in [0.4, 0.5) is 0 Å². The summed E-state index contributed by atoms with van der Waals surface area (Å²) < 4.78 is 0. The molecule has 0 amide bonds. The molecule has 0 saturated heterocycles. The van der Waals surface area contributed by atoms with E-state index in [1.807, 2.05) is 12.1 Å². The number of hydrogen-bond donors (Lipinski definition) is 0. The lowest BCUT2D eigenvalue weighted by Crippen LogP contribution is -1.83. The van der Waals surface area contributed by atoms with E-state index in [2.05, 4.69) is 29.0 Å². The smallest absolute Gasteiger partial charge is 0.148 e. The van der Waals surface area contributed by atoms with Gasteiger partial charge in [0.05, 0.1) is 12.4 Å². The lowest BCUT2D eigenvalue weighted by molar-refractivity contribution is 1.05. The fraction of sp³-hybridized carbons (Fsp3) is 0.0909. The van der Waals surface area contributed by atoms with Gasteiger partial charge in [0, 0.05) is 4.90 Å². The SMILES string of the molecule is Cc1cccc(Sc2cncc(Cl)n2)c1.